The highest BCUT2D eigenvalue weighted by atomic mass is 32.2. The third kappa shape index (κ3) is 4.35. The van der Waals surface area contributed by atoms with Gasteiger partial charge in [-0.25, -0.2) is 12.7 Å². The maximum absolute atomic E-state index is 13.1. The molecule has 1 aromatic rings. The van der Waals surface area contributed by atoms with Crippen molar-refractivity contribution in [3.8, 4) is 0 Å². The summed E-state index contributed by atoms with van der Waals surface area (Å²) in [7, 11) is -3.26. The largest absolute Gasteiger partial charge is 0.299 e. The fourth-order valence-electron chi connectivity index (χ4n) is 4.20. The Labute approximate surface area is 157 Å². The number of nitrogens with zero attached hydrogens (tertiary/aromatic N) is 2. The van der Waals surface area contributed by atoms with Crippen LogP contribution in [0, 0.1) is 17.8 Å². The number of likely N-dealkylation sites (tertiary alicyclic amines) is 1. The summed E-state index contributed by atoms with van der Waals surface area (Å²) in [5.41, 5.74) is 1.93. The molecule has 2 heterocycles. The van der Waals surface area contributed by atoms with E-state index in [-0.39, 0.29) is 23.5 Å². The van der Waals surface area contributed by atoms with Gasteiger partial charge in [0.15, 0.2) is 5.78 Å². The second kappa shape index (κ2) is 7.79. The molecule has 0 radical (unpaired) electrons. The van der Waals surface area contributed by atoms with Crippen molar-refractivity contribution < 1.29 is 13.2 Å². The SMILES string of the molecule is CC(C)[C@H]1CN(S(C)(=O)=O)CC1C(=O)c1ccc(CN2CCCC2)cc1. The van der Waals surface area contributed by atoms with Crippen LogP contribution < -0.4 is 0 Å². The number of carbonyl (C=O) groups is 1. The van der Waals surface area contributed by atoms with Crippen LogP contribution in [-0.4, -0.2) is 55.8 Å². The number of hydrogen-bond donors (Lipinski definition) is 0. The lowest BCUT2D eigenvalue weighted by Gasteiger charge is -2.21. The van der Waals surface area contributed by atoms with Crippen LogP contribution in [0.4, 0.5) is 0 Å². The molecule has 0 aromatic heterocycles. The Hall–Kier alpha value is -1.24. The van der Waals surface area contributed by atoms with Crippen molar-refractivity contribution in [3.05, 3.63) is 35.4 Å². The monoisotopic (exact) mass is 378 g/mol. The average molecular weight is 379 g/mol. The van der Waals surface area contributed by atoms with Gasteiger partial charge in [0.05, 0.1) is 6.26 Å². The molecule has 0 amide bonds. The summed E-state index contributed by atoms with van der Waals surface area (Å²) in [6, 6.07) is 7.90. The number of sulfonamides is 1. The van der Waals surface area contributed by atoms with Gasteiger partial charge in [-0.2, -0.15) is 0 Å². The first-order valence-electron chi connectivity index (χ1n) is 9.56. The summed E-state index contributed by atoms with van der Waals surface area (Å²) < 4.78 is 25.3. The van der Waals surface area contributed by atoms with Crippen LogP contribution in [0.15, 0.2) is 24.3 Å². The molecular formula is C20H30N2O3S. The lowest BCUT2D eigenvalue weighted by molar-refractivity contribution is 0.0883. The maximum atomic E-state index is 13.1. The van der Waals surface area contributed by atoms with Crippen molar-refractivity contribution in [2.24, 2.45) is 17.8 Å². The van der Waals surface area contributed by atoms with E-state index in [0.717, 1.165) is 19.6 Å². The van der Waals surface area contributed by atoms with Crippen molar-refractivity contribution in [1.29, 1.82) is 0 Å². The molecule has 5 nitrogen and oxygen atoms in total. The molecule has 3 rings (SSSR count). The van der Waals surface area contributed by atoms with E-state index < -0.39 is 10.0 Å². The van der Waals surface area contributed by atoms with Crippen molar-refractivity contribution in [1.82, 2.24) is 9.21 Å². The van der Waals surface area contributed by atoms with E-state index in [4.69, 9.17) is 0 Å². The number of Topliss-reactive ketones (excluding diaryl/α,β-unsaturated/α-hetero) is 1. The molecule has 1 unspecified atom stereocenters. The van der Waals surface area contributed by atoms with Crippen LogP contribution in [0.25, 0.3) is 0 Å². The molecule has 0 N–H and O–H groups in total. The fourth-order valence-corrected chi connectivity index (χ4v) is 5.08. The standard InChI is InChI=1S/C20H30N2O3S/c1-15(2)18-13-22(26(3,24)25)14-19(18)20(23)17-8-6-16(7-9-17)12-21-10-4-5-11-21/h6-9,15,18-19H,4-5,10-14H2,1-3H3/t18-,19?/m1/s1. The normalized spacial score (nSPS) is 25.2. The zero-order chi connectivity index (χ0) is 18.9. The Morgan fingerprint density at radius 2 is 1.73 bits per heavy atom. The first-order chi connectivity index (χ1) is 12.3. The minimum atomic E-state index is -3.26. The van der Waals surface area contributed by atoms with Gasteiger partial charge in [-0.15, -0.1) is 0 Å². The lowest BCUT2D eigenvalue weighted by Crippen LogP contribution is -2.28. The smallest absolute Gasteiger partial charge is 0.211 e. The van der Waals surface area contributed by atoms with Gasteiger partial charge in [0.2, 0.25) is 10.0 Å². The summed E-state index contributed by atoms with van der Waals surface area (Å²) in [5.74, 6) is 0.156. The van der Waals surface area contributed by atoms with Crippen molar-refractivity contribution >= 4 is 15.8 Å². The van der Waals surface area contributed by atoms with Crippen LogP contribution in [0.1, 0.15) is 42.6 Å². The van der Waals surface area contributed by atoms with Gasteiger partial charge in [0.1, 0.15) is 0 Å². The maximum Gasteiger partial charge on any atom is 0.211 e. The molecule has 26 heavy (non-hydrogen) atoms. The molecule has 2 aliphatic heterocycles. The molecule has 0 spiro atoms. The van der Waals surface area contributed by atoms with Gasteiger partial charge in [-0.3, -0.25) is 9.69 Å². The van der Waals surface area contributed by atoms with Crippen LogP contribution in [0.5, 0.6) is 0 Å². The fraction of sp³-hybridized carbons (Fsp3) is 0.650. The van der Waals surface area contributed by atoms with E-state index in [1.54, 1.807) is 0 Å². The summed E-state index contributed by atoms with van der Waals surface area (Å²) in [5, 5.41) is 0. The molecular weight excluding hydrogens is 348 g/mol. The lowest BCUT2D eigenvalue weighted by atomic mass is 9.81. The van der Waals surface area contributed by atoms with Crippen LogP contribution in [0.2, 0.25) is 0 Å². The molecule has 2 fully saturated rings. The van der Waals surface area contributed by atoms with E-state index >= 15 is 0 Å². The first kappa shape index (κ1) is 19.5. The Morgan fingerprint density at radius 3 is 2.27 bits per heavy atom. The number of rotatable bonds is 6. The molecule has 2 saturated heterocycles. The van der Waals surface area contributed by atoms with Crippen molar-refractivity contribution in [3.63, 3.8) is 0 Å². The molecule has 0 saturated carbocycles. The number of hydrogen-bond acceptors (Lipinski definition) is 4. The van der Waals surface area contributed by atoms with Gasteiger partial charge in [0, 0.05) is 31.1 Å². The number of carbonyl (C=O) groups excluding carboxylic acids is 1. The van der Waals surface area contributed by atoms with E-state index in [1.807, 2.05) is 24.3 Å². The van der Waals surface area contributed by atoms with Crippen molar-refractivity contribution in [2.45, 2.75) is 33.2 Å². The second-order valence-electron chi connectivity index (χ2n) is 8.14. The summed E-state index contributed by atoms with van der Waals surface area (Å²) in [6.45, 7) is 8.12. The van der Waals surface area contributed by atoms with Crippen LogP contribution >= 0.6 is 0 Å². The molecule has 1 aromatic carbocycles. The summed E-state index contributed by atoms with van der Waals surface area (Å²) in [6.07, 6.45) is 3.77. The van der Waals surface area contributed by atoms with E-state index in [2.05, 4.69) is 18.7 Å². The van der Waals surface area contributed by atoms with Gasteiger partial charge < -0.3 is 0 Å². The topological polar surface area (TPSA) is 57.7 Å². The van der Waals surface area contributed by atoms with Gasteiger partial charge in [-0.05, 0) is 43.3 Å². The van der Waals surface area contributed by atoms with Gasteiger partial charge in [0.25, 0.3) is 0 Å². The highest BCUT2D eigenvalue weighted by Crippen LogP contribution is 2.33. The predicted molar refractivity (Wildman–Crippen MR) is 104 cm³/mol. The Morgan fingerprint density at radius 1 is 1.12 bits per heavy atom. The zero-order valence-electron chi connectivity index (χ0n) is 16.0. The minimum Gasteiger partial charge on any atom is -0.299 e. The van der Waals surface area contributed by atoms with Gasteiger partial charge in [-0.1, -0.05) is 38.1 Å². The molecule has 2 aliphatic rings. The Balaban J connectivity index is 1.72. The van der Waals surface area contributed by atoms with Crippen molar-refractivity contribution in [2.75, 3.05) is 32.4 Å². The molecule has 144 valence electrons. The third-order valence-corrected chi connectivity index (χ3v) is 7.07. The second-order valence-corrected chi connectivity index (χ2v) is 10.1. The zero-order valence-corrected chi connectivity index (χ0v) is 16.8. The molecule has 0 aliphatic carbocycles. The molecule has 6 heteroatoms. The average Bonchev–Trinajstić information content (AvgIpc) is 3.23. The van der Waals surface area contributed by atoms with Crippen LogP contribution in [-0.2, 0) is 16.6 Å². The molecule has 2 atom stereocenters. The van der Waals surface area contributed by atoms with Gasteiger partial charge >= 0.3 is 0 Å². The summed E-state index contributed by atoms with van der Waals surface area (Å²) in [4.78, 5) is 15.5. The van der Waals surface area contributed by atoms with E-state index in [9.17, 15) is 13.2 Å². The number of ketones is 1. The Kier molecular flexibility index (Phi) is 5.85. The predicted octanol–water partition coefficient (Wildman–Crippen LogP) is 2.63. The quantitative estimate of drug-likeness (QED) is 0.714. The minimum absolute atomic E-state index is 0.0708. The van der Waals surface area contributed by atoms with E-state index in [1.165, 1.54) is 29.0 Å². The first-order valence-corrected chi connectivity index (χ1v) is 11.4. The van der Waals surface area contributed by atoms with E-state index in [0.29, 0.717) is 18.7 Å². The number of benzene rings is 1. The molecule has 0 bridgehead atoms. The highest BCUT2D eigenvalue weighted by molar-refractivity contribution is 7.88. The third-order valence-electron chi connectivity index (χ3n) is 5.84. The summed E-state index contributed by atoms with van der Waals surface area (Å²) >= 11 is 0. The highest BCUT2D eigenvalue weighted by Gasteiger charge is 2.42. The van der Waals surface area contributed by atoms with Crippen LogP contribution in [0.3, 0.4) is 0 Å². The Bertz CT molecular complexity index is 737.